The first kappa shape index (κ1) is 14.2. The van der Waals surface area contributed by atoms with Crippen molar-refractivity contribution in [1.82, 2.24) is 4.90 Å². The first-order chi connectivity index (χ1) is 8.06. The Morgan fingerprint density at radius 3 is 2.65 bits per heavy atom. The van der Waals surface area contributed by atoms with E-state index in [4.69, 9.17) is 0 Å². The quantitative estimate of drug-likeness (QED) is 0.760. The predicted octanol–water partition coefficient (Wildman–Crippen LogP) is 3.63. The van der Waals surface area contributed by atoms with Crippen LogP contribution in [0.5, 0.6) is 0 Å². The van der Waals surface area contributed by atoms with E-state index >= 15 is 0 Å². The van der Waals surface area contributed by atoms with Gasteiger partial charge in [-0.25, -0.2) is 0 Å². The minimum Gasteiger partial charge on any atom is -0.336 e. The van der Waals surface area contributed by atoms with Crippen molar-refractivity contribution in [2.45, 2.75) is 33.2 Å². The van der Waals surface area contributed by atoms with E-state index in [1.54, 1.807) is 0 Å². The highest BCUT2D eigenvalue weighted by Gasteiger charge is 2.17. The zero-order chi connectivity index (χ0) is 12.8. The molecule has 94 valence electrons. The lowest BCUT2D eigenvalue weighted by Crippen LogP contribution is -2.37. The number of benzene rings is 1. The van der Waals surface area contributed by atoms with Gasteiger partial charge in [-0.2, -0.15) is 0 Å². The molecule has 0 saturated carbocycles. The van der Waals surface area contributed by atoms with Crippen LogP contribution in [-0.2, 0) is 0 Å². The zero-order valence-electron chi connectivity index (χ0n) is 10.7. The van der Waals surface area contributed by atoms with Crippen LogP contribution in [0, 0.1) is 6.92 Å². The molecule has 0 aromatic heterocycles. The van der Waals surface area contributed by atoms with Gasteiger partial charge < -0.3 is 4.90 Å². The molecule has 0 bridgehead atoms. The van der Waals surface area contributed by atoms with Crippen molar-refractivity contribution in [3.05, 3.63) is 35.4 Å². The Balaban J connectivity index is 2.84. The summed E-state index contributed by atoms with van der Waals surface area (Å²) in [5.74, 6) is 0.129. The van der Waals surface area contributed by atoms with E-state index in [0.29, 0.717) is 0 Å². The Morgan fingerprint density at radius 1 is 1.41 bits per heavy atom. The zero-order valence-corrected chi connectivity index (χ0v) is 12.3. The summed E-state index contributed by atoms with van der Waals surface area (Å²) in [6.45, 7) is 6.93. The van der Waals surface area contributed by atoms with Crippen LogP contribution in [0.1, 0.15) is 36.2 Å². The third-order valence-corrected chi connectivity index (χ3v) is 3.24. The summed E-state index contributed by atoms with van der Waals surface area (Å²) in [7, 11) is 0. The van der Waals surface area contributed by atoms with E-state index in [2.05, 4.69) is 29.8 Å². The maximum Gasteiger partial charge on any atom is 0.254 e. The monoisotopic (exact) mass is 297 g/mol. The molecule has 3 heteroatoms. The first-order valence-electron chi connectivity index (χ1n) is 6.00. The Kier molecular flexibility index (Phi) is 5.69. The maximum absolute atomic E-state index is 12.4. The molecule has 1 rings (SSSR count). The summed E-state index contributed by atoms with van der Waals surface area (Å²) in [6, 6.07) is 8.02. The fraction of sp³-hybridized carbons (Fsp3) is 0.500. The van der Waals surface area contributed by atoms with E-state index in [1.165, 1.54) is 0 Å². The number of nitrogens with zero attached hydrogens (tertiary/aromatic N) is 1. The molecule has 0 aliphatic heterocycles. The Bertz CT molecular complexity index is 376. The molecule has 0 unspecified atom stereocenters. The molecule has 0 aliphatic rings. The predicted molar refractivity (Wildman–Crippen MR) is 75.8 cm³/mol. The van der Waals surface area contributed by atoms with Gasteiger partial charge in [0.25, 0.3) is 5.91 Å². The summed E-state index contributed by atoms with van der Waals surface area (Å²) in [4.78, 5) is 14.3. The van der Waals surface area contributed by atoms with E-state index in [1.807, 2.05) is 36.1 Å². The number of carbonyl (C=O) groups is 1. The number of alkyl halides is 1. The molecule has 17 heavy (non-hydrogen) atoms. The summed E-state index contributed by atoms with van der Waals surface area (Å²) in [5.41, 5.74) is 1.91. The van der Waals surface area contributed by atoms with Crippen molar-refractivity contribution in [1.29, 1.82) is 0 Å². The molecule has 0 saturated heterocycles. The maximum atomic E-state index is 12.4. The molecule has 0 fully saturated rings. The largest absolute Gasteiger partial charge is 0.336 e. The molecule has 0 heterocycles. The minimum absolute atomic E-state index is 0.129. The van der Waals surface area contributed by atoms with Gasteiger partial charge >= 0.3 is 0 Å². The van der Waals surface area contributed by atoms with Crippen LogP contribution in [0.25, 0.3) is 0 Å². The van der Waals surface area contributed by atoms with Gasteiger partial charge in [0.15, 0.2) is 0 Å². The second kappa shape index (κ2) is 6.80. The summed E-state index contributed by atoms with van der Waals surface area (Å²) < 4.78 is 0. The molecular formula is C14H20BrNO. The second-order valence-electron chi connectivity index (χ2n) is 4.50. The lowest BCUT2D eigenvalue weighted by Gasteiger charge is -2.26. The van der Waals surface area contributed by atoms with Crippen molar-refractivity contribution in [3.63, 3.8) is 0 Å². The SMILES string of the molecule is Cc1cccc(C(=O)N(CCCBr)C(C)C)c1. The standard InChI is InChI=1S/C14H20BrNO/c1-11(2)16(9-5-8-15)14(17)13-7-4-6-12(3)10-13/h4,6-7,10-11H,5,8-9H2,1-3H3. The van der Waals surface area contributed by atoms with Crippen molar-refractivity contribution in [2.24, 2.45) is 0 Å². The van der Waals surface area contributed by atoms with E-state index in [0.717, 1.165) is 29.4 Å². The molecule has 0 aliphatic carbocycles. The molecule has 0 radical (unpaired) electrons. The van der Waals surface area contributed by atoms with Gasteiger partial charge in [-0.15, -0.1) is 0 Å². The van der Waals surface area contributed by atoms with Crippen LogP contribution in [0.2, 0.25) is 0 Å². The van der Waals surface area contributed by atoms with Crippen LogP contribution < -0.4 is 0 Å². The third kappa shape index (κ3) is 4.15. The van der Waals surface area contributed by atoms with Crippen molar-refractivity contribution >= 4 is 21.8 Å². The number of amides is 1. The number of carbonyl (C=O) groups excluding carboxylic acids is 1. The smallest absolute Gasteiger partial charge is 0.254 e. The lowest BCUT2D eigenvalue weighted by atomic mass is 10.1. The van der Waals surface area contributed by atoms with Gasteiger partial charge in [-0.1, -0.05) is 33.6 Å². The molecular weight excluding hydrogens is 278 g/mol. The Labute approximate surface area is 112 Å². The highest BCUT2D eigenvalue weighted by Crippen LogP contribution is 2.11. The normalized spacial score (nSPS) is 10.6. The van der Waals surface area contributed by atoms with Crippen LogP contribution in [0.15, 0.2) is 24.3 Å². The molecule has 0 spiro atoms. The number of halogens is 1. The molecule has 0 atom stereocenters. The van der Waals surface area contributed by atoms with E-state index in [9.17, 15) is 4.79 Å². The van der Waals surface area contributed by atoms with E-state index in [-0.39, 0.29) is 11.9 Å². The molecule has 1 aromatic carbocycles. The minimum atomic E-state index is 0.129. The lowest BCUT2D eigenvalue weighted by molar-refractivity contribution is 0.0706. The highest BCUT2D eigenvalue weighted by molar-refractivity contribution is 9.09. The van der Waals surface area contributed by atoms with Gasteiger partial charge in [-0.05, 0) is 39.3 Å². The van der Waals surface area contributed by atoms with Crippen LogP contribution in [-0.4, -0.2) is 28.7 Å². The molecule has 0 N–H and O–H groups in total. The summed E-state index contributed by atoms with van der Waals surface area (Å²) in [5, 5.41) is 0.928. The van der Waals surface area contributed by atoms with Gasteiger partial charge in [0.1, 0.15) is 0 Å². The van der Waals surface area contributed by atoms with Crippen LogP contribution in [0.4, 0.5) is 0 Å². The third-order valence-electron chi connectivity index (χ3n) is 2.68. The highest BCUT2D eigenvalue weighted by atomic mass is 79.9. The fourth-order valence-electron chi connectivity index (χ4n) is 1.77. The average Bonchev–Trinajstić information content (AvgIpc) is 2.29. The molecule has 1 aromatic rings. The summed E-state index contributed by atoms with van der Waals surface area (Å²) in [6.07, 6.45) is 0.982. The van der Waals surface area contributed by atoms with Crippen molar-refractivity contribution in [2.75, 3.05) is 11.9 Å². The molecule has 1 amide bonds. The van der Waals surface area contributed by atoms with Gasteiger partial charge in [-0.3, -0.25) is 4.79 Å². The Hall–Kier alpha value is -0.830. The number of aryl methyl sites for hydroxylation is 1. The number of hydrogen-bond acceptors (Lipinski definition) is 1. The average molecular weight is 298 g/mol. The Morgan fingerprint density at radius 2 is 2.12 bits per heavy atom. The van der Waals surface area contributed by atoms with Crippen LogP contribution in [0.3, 0.4) is 0 Å². The number of hydrogen-bond donors (Lipinski definition) is 0. The van der Waals surface area contributed by atoms with E-state index < -0.39 is 0 Å². The van der Waals surface area contributed by atoms with Gasteiger partial charge in [0.2, 0.25) is 0 Å². The van der Waals surface area contributed by atoms with Crippen molar-refractivity contribution < 1.29 is 4.79 Å². The second-order valence-corrected chi connectivity index (χ2v) is 5.30. The van der Waals surface area contributed by atoms with Gasteiger partial charge in [0, 0.05) is 23.5 Å². The fourth-order valence-corrected chi connectivity index (χ4v) is 2.02. The van der Waals surface area contributed by atoms with Gasteiger partial charge in [0.05, 0.1) is 0 Å². The molecule has 2 nitrogen and oxygen atoms in total. The topological polar surface area (TPSA) is 20.3 Å². The number of rotatable bonds is 5. The summed E-state index contributed by atoms with van der Waals surface area (Å²) >= 11 is 3.41. The first-order valence-corrected chi connectivity index (χ1v) is 7.12. The van der Waals surface area contributed by atoms with Crippen molar-refractivity contribution in [3.8, 4) is 0 Å². The van der Waals surface area contributed by atoms with Crippen LogP contribution >= 0.6 is 15.9 Å².